The normalized spacial score (nSPS) is 19.5. The molecular weight excluding hydrogens is 292 g/mol. The van der Waals surface area contributed by atoms with Gasteiger partial charge in [-0.05, 0) is 26.3 Å². The lowest BCUT2D eigenvalue weighted by atomic mass is 10.3. The molecule has 1 N–H and O–H groups in total. The molecule has 0 saturated carbocycles. The van der Waals surface area contributed by atoms with Gasteiger partial charge in [-0.25, -0.2) is 8.42 Å². The third-order valence-corrected chi connectivity index (χ3v) is 5.74. The Bertz CT molecular complexity index is 562. The Hall–Kier alpha value is -0.890. The van der Waals surface area contributed by atoms with Crippen molar-refractivity contribution in [3.8, 4) is 0 Å². The maximum atomic E-state index is 12.7. The van der Waals surface area contributed by atoms with E-state index in [-0.39, 0.29) is 10.9 Å². The Morgan fingerprint density at radius 1 is 1.48 bits per heavy atom. The fraction of sp³-hybridized carbons (Fsp3) is 0.714. The van der Waals surface area contributed by atoms with E-state index in [0.29, 0.717) is 31.3 Å². The fourth-order valence-corrected chi connectivity index (χ4v) is 3.97. The first kappa shape index (κ1) is 16.5. The Morgan fingerprint density at radius 3 is 2.86 bits per heavy atom. The minimum Gasteiger partial charge on any atom is -0.464 e. The number of furan rings is 1. The lowest BCUT2D eigenvalue weighted by molar-refractivity contribution is 0.181. The highest BCUT2D eigenvalue weighted by Gasteiger charge is 2.33. The second kappa shape index (κ2) is 6.91. The summed E-state index contributed by atoms with van der Waals surface area (Å²) in [5.74, 6) is 1.09. The van der Waals surface area contributed by atoms with Gasteiger partial charge in [0.1, 0.15) is 16.4 Å². The van der Waals surface area contributed by atoms with Crippen LogP contribution < -0.4 is 5.32 Å². The molecule has 1 atom stereocenters. The van der Waals surface area contributed by atoms with Crippen LogP contribution >= 0.6 is 0 Å². The molecule has 0 amide bonds. The minimum absolute atomic E-state index is 0.0917. The van der Waals surface area contributed by atoms with E-state index in [4.69, 9.17) is 9.15 Å². The summed E-state index contributed by atoms with van der Waals surface area (Å²) in [6, 6.07) is 1.53. The second-order valence-corrected chi connectivity index (χ2v) is 7.31. The summed E-state index contributed by atoms with van der Waals surface area (Å²) in [5, 5.41) is 3.21. The van der Waals surface area contributed by atoms with Crippen LogP contribution in [0.25, 0.3) is 0 Å². The molecule has 0 aliphatic carbocycles. The maximum absolute atomic E-state index is 12.7. The monoisotopic (exact) mass is 316 g/mol. The minimum atomic E-state index is -3.53. The highest BCUT2D eigenvalue weighted by molar-refractivity contribution is 7.89. The maximum Gasteiger partial charge on any atom is 0.246 e. The molecule has 7 heteroatoms. The van der Waals surface area contributed by atoms with Crippen molar-refractivity contribution in [1.29, 1.82) is 0 Å². The largest absolute Gasteiger partial charge is 0.464 e. The van der Waals surface area contributed by atoms with Crippen molar-refractivity contribution < 1.29 is 17.6 Å². The number of rotatable bonds is 7. The molecule has 1 aromatic heterocycles. The number of sulfonamides is 1. The summed E-state index contributed by atoms with van der Waals surface area (Å²) < 4.78 is 37.6. The van der Waals surface area contributed by atoms with E-state index in [2.05, 4.69) is 12.2 Å². The lowest BCUT2D eigenvalue weighted by Crippen LogP contribution is -2.37. The van der Waals surface area contributed by atoms with Crippen LogP contribution in [0.1, 0.15) is 31.3 Å². The molecule has 1 fully saturated rings. The molecule has 0 spiro atoms. The number of hydrogen-bond donors (Lipinski definition) is 1. The fourth-order valence-electron chi connectivity index (χ4n) is 2.42. The Balaban J connectivity index is 2.15. The van der Waals surface area contributed by atoms with Gasteiger partial charge in [-0.15, -0.1) is 0 Å². The van der Waals surface area contributed by atoms with Crippen molar-refractivity contribution in [2.45, 2.75) is 44.2 Å². The van der Waals surface area contributed by atoms with Crippen LogP contribution in [-0.2, 0) is 21.3 Å². The van der Waals surface area contributed by atoms with Gasteiger partial charge < -0.3 is 14.5 Å². The first-order chi connectivity index (χ1) is 9.96. The van der Waals surface area contributed by atoms with Crippen LogP contribution in [0.4, 0.5) is 0 Å². The van der Waals surface area contributed by atoms with Crippen molar-refractivity contribution in [3.05, 3.63) is 17.6 Å². The number of likely N-dealkylation sites (N-methyl/N-ethyl adjacent to an activating group) is 1. The molecule has 0 aromatic carbocycles. The zero-order valence-corrected chi connectivity index (χ0v) is 13.7. The van der Waals surface area contributed by atoms with Crippen LogP contribution in [0.2, 0.25) is 0 Å². The second-order valence-electron chi connectivity index (χ2n) is 5.35. The smallest absolute Gasteiger partial charge is 0.246 e. The molecule has 1 unspecified atom stereocenters. The summed E-state index contributed by atoms with van der Waals surface area (Å²) in [4.78, 5) is 0.255. The molecule has 0 bridgehead atoms. The highest BCUT2D eigenvalue weighted by Crippen LogP contribution is 2.26. The van der Waals surface area contributed by atoms with Gasteiger partial charge in [0.25, 0.3) is 0 Å². The molecular formula is C14H24N2O4S. The van der Waals surface area contributed by atoms with Crippen molar-refractivity contribution in [1.82, 2.24) is 9.62 Å². The Kier molecular flexibility index (Phi) is 5.43. The molecule has 21 heavy (non-hydrogen) atoms. The average molecular weight is 316 g/mol. The summed E-state index contributed by atoms with van der Waals surface area (Å²) in [6.45, 7) is 6.25. The van der Waals surface area contributed by atoms with Gasteiger partial charge in [0.2, 0.25) is 10.0 Å². The topological polar surface area (TPSA) is 71.8 Å². The molecule has 6 nitrogen and oxygen atoms in total. The molecule has 2 heterocycles. The molecule has 0 radical (unpaired) electrons. The quantitative estimate of drug-likeness (QED) is 0.772. The standard InChI is InChI=1S/C14H24N2O4S/c1-4-6-15-9-13-8-14(11(2)20-13)21(17,18)16(3)12-5-7-19-10-12/h8,12,15H,4-7,9-10H2,1-3H3. The molecule has 1 saturated heterocycles. The zero-order valence-electron chi connectivity index (χ0n) is 12.9. The first-order valence-electron chi connectivity index (χ1n) is 7.32. The molecule has 120 valence electrons. The van der Waals surface area contributed by atoms with Gasteiger partial charge in [0, 0.05) is 19.7 Å². The van der Waals surface area contributed by atoms with Crippen LogP contribution in [0.3, 0.4) is 0 Å². The van der Waals surface area contributed by atoms with Crippen LogP contribution in [-0.4, -0.2) is 45.6 Å². The lowest BCUT2D eigenvalue weighted by Gasteiger charge is -2.21. The summed E-state index contributed by atoms with van der Waals surface area (Å²) in [6.07, 6.45) is 1.76. The summed E-state index contributed by atoms with van der Waals surface area (Å²) >= 11 is 0. The van der Waals surface area contributed by atoms with E-state index in [0.717, 1.165) is 19.4 Å². The number of hydrogen-bond acceptors (Lipinski definition) is 5. The van der Waals surface area contributed by atoms with Crippen molar-refractivity contribution >= 4 is 10.0 Å². The van der Waals surface area contributed by atoms with Gasteiger partial charge >= 0.3 is 0 Å². The SMILES string of the molecule is CCCNCc1cc(S(=O)(=O)N(C)C2CCOC2)c(C)o1. The predicted molar refractivity (Wildman–Crippen MR) is 79.6 cm³/mol. The average Bonchev–Trinajstić information content (AvgIpc) is 3.08. The van der Waals surface area contributed by atoms with Crippen molar-refractivity contribution in [2.75, 3.05) is 26.8 Å². The molecule has 1 aliphatic rings. The van der Waals surface area contributed by atoms with E-state index in [1.54, 1.807) is 20.0 Å². The number of ether oxygens (including phenoxy) is 1. The van der Waals surface area contributed by atoms with Crippen LogP contribution in [0, 0.1) is 6.92 Å². The van der Waals surface area contributed by atoms with E-state index in [1.165, 1.54) is 4.31 Å². The molecule has 1 aliphatic heterocycles. The van der Waals surface area contributed by atoms with Gasteiger partial charge in [0.15, 0.2) is 0 Å². The number of nitrogens with one attached hydrogen (secondary N) is 1. The van der Waals surface area contributed by atoms with Gasteiger partial charge in [-0.3, -0.25) is 0 Å². The van der Waals surface area contributed by atoms with Gasteiger partial charge in [-0.1, -0.05) is 6.92 Å². The van der Waals surface area contributed by atoms with E-state index in [9.17, 15) is 8.42 Å². The van der Waals surface area contributed by atoms with Gasteiger partial charge in [-0.2, -0.15) is 4.31 Å². The predicted octanol–water partition coefficient (Wildman–Crippen LogP) is 1.50. The van der Waals surface area contributed by atoms with Crippen molar-refractivity contribution in [3.63, 3.8) is 0 Å². The third-order valence-electron chi connectivity index (χ3n) is 3.73. The summed E-state index contributed by atoms with van der Waals surface area (Å²) in [7, 11) is -1.92. The van der Waals surface area contributed by atoms with E-state index in [1.807, 2.05) is 0 Å². The van der Waals surface area contributed by atoms with E-state index >= 15 is 0 Å². The Labute approximate surface area is 126 Å². The zero-order chi connectivity index (χ0) is 15.5. The molecule has 2 rings (SSSR count). The molecule has 1 aromatic rings. The number of nitrogens with zero attached hydrogens (tertiary/aromatic N) is 1. The third kappa shape index (κ3) is 3.66. The Morgan fingerprint density at radius 2 is 2.24 bits per heavy atom. The highest BCUT2D eigenvalue weighted by atomic mass is 32.2. The first-order valence-corrected chi connectivity index (χ1v) is 8.76. The van der Waals surface area contributed by atoms with E-state index < -0.39 is 10.0 Å². The van der Waals surface area contributed by atoms with Gasteiger partial charge in [0.05, 0.1) is 19.2 Å². The van der Waals surface area contributed by atoms with Crippen molar-refractivity contribution in [2.24, 2.45) is 0 Å². The van der Waals surface area contributed by atoms with Crippen LogP contribution in [0.15, 0.2) is 15.4 Å². The summed E-state index contributed by atoms with van der Waals surface area (Å²) in [5.41, 5.74) is 0. The number of aryl methyl sites for hydroxylation is 1. The van der Waals surface area contributed by atoms with Crippen LogP contribution in [0.5, 0.6) is 0 Å².